The summed E-state index contributed by atoms with van der Waals surface area (Å²) in [5.41, 5.74) is 10.2. The van der Waals surface area contributed by atoms with E-state index in [0.717, 1.165) is 74.5 Å². The number of hydrogen-bond acceptors (Lipinski definition) is 24. The fraction of sp³-hybridized carbons (Fsp3) is 0.515. The quantitative estimate of drug-likeness (QED) is 0.0285. The molecule has 0 saturated carbocycles. The van der Waals surface area contributed by atoms with E-state index in [2.05, 4.69) is 203 Å². The number of phenolic OH excluding ortho intramolecular Hbond substituents is 2. The zero-order valence-corrected chi connectivity index (χ0v) is 85.7. The Kier molecular flexibility index (Phi) is 41.2. The number of aryl methyl sites for hydroxylation is 1. The van der Waals surface area contributed by atoms with Crippen LogP contribution in [0.2, 0.25) is 0 Å². The van der Waals surface area contributed by atoms with Gasteiger partial charge >= 0.3 is 40.2 Å². The lowest BCUT2D eigenvalue weighted by Crippen LogP contribution is -2.41. The molecule has 0 aromatic heterocycles. The van der Waals surface area contributed by atoms with Gasteiger partial charge in [-0.2, -0.15) is 16.8 Å². The number of aromatic hydroxyl groups is 2. The molecule has 0 unspecified atom stereocenters. The molecule has 0 spiro atoms. The van der Waals surface area contributed by atoms with E-state index in [1.54, 1.807) is 79.1 Å². The van der Waals surface area contributed by atoms with E-state index < -0.39 is 38.0 Å². The topological polar surface area (TPSA) is 322 Å². The van der Waals surface area contributed by atoms with E-state index >= 15 is 0 Å². The van der Waals surface area contributed by atoms with Crippen LogP contribution in [-0.2, 0) is 72.9 Å². The molecule has 1 heterocycles. The van der Waals surface area contributed by atoms with Crippen molar-refractivity contribution in [3.63, 3.8) is 0 Å². The Morgan fingerprint density at radius 1 is 0.328 bits per heavy atom. The smallest absolute Gasteiger partial charge is 0.498 e. The highest BCUT2D eigenvalue weighted by Gasteiger charge is 2.52. The van der Waals surface area contributed by atoms with Gasteiger partial charge in [0.1, 0.15) is 11.5 Å². The zero-order valence-electron chi connectivity index (χ0n) is 84.1. The lowest BCUT2D eigenvalue weighted by atomic mass is 9.76. The molecule has 1 aliphatic rings. The molecule has 712 valence electrons. The highest BCUT2D eigenvalue weighted by atomic mass is 32.2. The van der Waals surface area contributed by atoms with E-state index in [0.29, 0.717) is 28.5 Å². The second kappa shape index (κ2) is 46.2. The van der Waals surface area contributed by atoms with Crippen molar-refractivity contribution in [2.75, 3.05) is 83.6 Å². The first-order chi connectivity index (χ1) is 58.2. The van der Waals surface area contributed by atoms with Crippen LogP contribution in [0.5, 0.6) is 80.5 Å². The van der Waals surface area contributed by atoms with Crippen LogP contribution in [0.1, 0.15) is 244 Å². The van der Waals surface area contributed by atoms with Crippen molar-refractivity contribution < 1.29 is 107 Å². The lowest BCUT2D eigenvalue weighted by Gasteiger charge is -2.32. The zero-order chi connectivity index (χ0) is 99.2. The average molecular weight is 1820 g/mol. The Morgan fingerprint density at radius 3 is 0.828 bits per heavy atom. The number of phenols is 2. The third kappa shape index (κ3) is 35.3. The summed E-state index contributed by atoms with van der Waals surface area (Å²) < 4.78 is 118. The summed E-state index contributed by atoms with van der Waals surface area (Å²) in [4.78, 5) is 10.1. The van der Waals surface area contributed by atoms with Gasteiger partial charge in [-0.3, -0.25) is 10.1 Å². The van der Waals surface area contributed by atoms with Crippen molar-refractivity contribution in [3.05, 3.63) is 194 Å². The number of nitrogens with zero attached hydrogens (tertiary/aromatic N) is 1. The molecule has 0 bridgehead atoms. The SMILES string of the molecule is COc1cc(C(C)(C)C)cc(C)c1O.COc1cc(C(C)(C)C)cc([N+](=O)[O-])c1O.COc1cc(C(C)(C)C)ccc1B(O)O.COc1cc(C(C)(C)C)ccc1B1OC(C)(C)C(C)(C)O1.COc1cc(C(C)(C)C)ccc1OS(C)(=O)=O.COc1cc(C(C)(C)C)ccc1OS(C)(=O)=O.COc1ccc(C(C)(C)C)cc1OC.COc1ccc(C(C)(C)C)cc1OC. The van der Waals surface area contributed by atoms with Crippen LogP contribution in [0.15, 0.2) is 133 Å². The molecule has 0 atom stereocenters. The maximum atomic E-state index is 11.1. The number of nitro benzene ring substituents is 1. The van der Waals surface area contributed by atoms with Gasteiger partial charge in [-0.15, -0.1) is 0 Å². The fourth-order valence-electron chi connectivity index (χ4n) is 11.7. The predicted octanol–water partition coefficient (Wildman–Crippen LogP) is 20.2. The normalized spacial score (nSPS) is 13.1. The fourth-order valence-corrected chi connectivity index (χ4v) is 12.7. The van der Waals surface area contributed by atoms with Gasteiger partial charge in [-0.05, 0) is 201 Å². The van der Waals surface area contributed by atoms with Crippen LogP contribution < -0.4 is 66.7 Å². The predicted molar refractivity (Wildman–Crippen MR) is 518 cm³/mol. The molecule has 8 aromatic carbocycles. The van der Waals surface area contributed by atoms with Gasteiger partial charge in [0.2, 0.25) is 5.75 Å². The van der Waals surface area contributed by atoms with E-state index in [1.807, 2.05) is 88.4 Å². The molecule has 25 nitrogen and oxygen atoms in total. The van der Waals surface area contributed by atoms with E-state index in [-0.39, 0.29) is 90.3 Å². The Labute approximate surface area is 766 Å². The highest BCUT2D eigenvalue weighted by molar-refractivity contribution is 7.86. The largest absolute Gasteiger partial charge is 0.504 e. The van der Waals surface area contributed by atoms with Crippen molar-refractivity contribution in [1.29, 1.82) is 0 Å². The molecule has 1 saturated heterocycles. The van der Waals surface area contributed by atoms with E-state index in [1.165, 1.54) is 56.8 Å². The minimum absolute atomic E-state index is 0.0201. The van der Waals surface area contributed by atoms with Crippen LogP contribution >= 0.6 is 0 Å². The number of hydrogen-bond donors (Lipinski definition) is 4. The van der Waals surface area contributed by atoms with Crippen molar-refractivity contribution in [3.8, 4) is 80.5 Å². The first kappa shape index (κ1) is 114. The van der Waals surface area contributed by atoms with Crippen LogP contribution in [-0.4, -0.2) is 151 Å². The number of rotatable bonds is 17. The van der Waals surface area contributed by atoms with Gasteiger partial charge in [0.05, 0.1) is 99.7 Å². The first-order valence-corrected chi connectivity index (χ1v) is 45.5. The van der Waals surface area contributed by atoms with Crippen molar-refractivity contribution in [1.82, 2.24) is 0 Å². The third-order valence-electron chi connectivity index (χ3n) is 20.7. The molecule has 4 N–H and O–H groups in total. The molecule has 0 amide bonds. The minimum atomic E-state index is -3.54. The van der Waals surface area contributed by atoms with Crippen molar-refractivity contribution in [2.24, 2.45) is 0 Å². The van der Waals surface area contributed by atoms with Crippen molar-refractivity contribution in [2.45, 2.75) is 255 Å². The molecule has 0 aliphatic carbocycles. The Morgan fingerprint density at radius 2 is 0.562 bits per heavy atom. The van der Waals surface area contributed by atoms with E-state index in [4.69, 9.17) is 75.1 Å². The van der Waals surface area contributed by atoms with Crippen LogP contribution in [0, 0.1) is 17.0 Å². The Balaban J connectivity index is 0.000000497. The molecular weight excluding hydrogens is 1670 g/mol. The summed E-state index contributed by atoms with van der Waals surface area (Å²) in [5.74, 6) is 6.21. The summed E-state index contributed by atoms with van der Waals surface area (Å²) in [6.45, 7) is 60.6. The molecule has 1 aliphatic heterocycles. The summed E-state index contributed by atoms with van der Waals surface area (Å²) >= 11 is 0. The van der Waals surface area contributed by atoms with Crippen LogP contribution in [0.3, 0.4) is 0 Å². The summed E-state index contributed by atoms with van der Waals surface area (Å²) in [5, 5.41) is 48.2. The van der Waals surface area contributed by atoms with Crippen LogP contribution in [0.25, 0.3) is 0 Å². The Bertz CT molecular complexity index is 4990. The highest BCUT2D eigenvalue weighted by Crippen LogP contribution is 2.44. The molecule has 128 heavy (non-hydrogen) atoms. The van der Waals surface area contributed by atoms with Gasteiger partial charge in [0.15, 0.2) is 63.2 Å². The number of benzene rings is 8. The Hall–Kier alpha value is -9.77. The number of nitro groups is 1. The molecule has 8 aromatic rings. The van der Waals surface area contributed by atoms with Gasteiger partial charge in [-0.1, -0.05) is 221 Å². The van der Waals surface area contributed by atoms with Gasteiger partial charge < -0.3 is 85.3 Å². The second-order valence-electron chi connectivity index (χ2n) is 40.0. The monoisotopic (exact) mass is 1820 g/mol. The third-order valence-corrected chi connectivity index (χ3v) is 21.7. The lowest BCUT2D eigenvalue weighted by molar-refractivity contribution is -0.386. The molecule has 9 rings (SSSR count). The van der Waals surface area contributed by atoms with Gasteiger partial charge in [0, 0.05) is 17.0 Å². The number of ether oxygens (including phenoxy) is 10. The minimum Gasteiger partial charge on any atom is -0.504 e. The molecule has 0 radical (unpaired) electrons. The summed E-state index contributed by atoms with van der Waals surface area (Å²) in [6, 6.07) is 41.1. The van der Waals surface area contributed by atoms with Gasteiger partial charge in [0.25, 0.3) is 0 Å². The van der Waals surface area contributed by atoms with Crippen molar-refractivity contribution >= 4 is 51.1 Å². The molecule has 1 fully saturated rings. The number of methoxy groups -OCH3 is 10. The standard InChI is InChI=1S/C17H27BO3.2C12H18O4S.3C12H18O2.C11H17BO3.C11H15NO4/c1-15(2,3)12-9-10-13(14(11-12)19-8)18-20-16(4,5)17(6,7)21-18;2*1-12(2,3)9-6-7-10(11(8-9)15-4)16-17(5,13)14;1-8-6-9(12(2,3)4)7-10(14-5)11(8)13;2*1-12(2,3)9-6-7-10(13-4)11(8-9)14-5;1-11(2,3)8-5-6-9(12(13)14)10(7-8)15-4;1-11(2,3)7-5-8(12(14)15)10(13)9(6-7)16-4/h9-11H,1-8H3;2*6-8H,1-5H3;6-7,13H,1-5H3;2*6-8H,1-5H3;5-7,13-14H,1-4H3;5-6,13H,1-4H3. The maximum Gasteiger partial charge on any atom is 0.498 e. The molecule has 29 heteroatoms. The second-order valence-corrected chi connectivity index (χ2v) is 43.1. The van der Waals surface area contributed by atoms with Gasteiger partial charge in [-0.25, -0.2) is 0 Å². The summed E-state index contributed by atoms with van der Waals surface area (Å²) in [6.07, 6.45) is 2.01. The molecular formula is C99H149B2NO24S2. The maximum absolute atomic E-state index is 11.1. The summed E-state index contributed by atoms with van der Waals surface area (Å²) in [7, 11) is 6.77. The average Bonchev–Trinajstić information content (AvgIpc) is 1.61. The van der Waals surface area contributed by atoms with Crippen LogP contribution in [0.4, 0.5) is 5.69 Å². The van der Waals surface area contributed by atoms with E-state index in [9.17, 15) is 37.2 Å². The first-order valence-electron chi connectivity index (χ1n) is 41.8.